The fraction of sp³-hybridized carbons (Fsp3) is 0.571. The van der Waals surface area contributed by atoms with Gasteiger partial charge in [0, 0.05) is 11.9 Å². The SMILES string of the molecule is CCC(Cl)CNC(=O)c1csnn1. The van der Waals surface area contributed by atoms with Gasteiger partial charge in [0.15, 0.2) is 5.69 Å². The molecule has 0 radical (unpaired) electrons. The van der Waals surface area contributed by atoms with Gasteiger partial charge in [0.1, 0.15) is 0 Å². The minimum absolute atomic E-state index is 0.0180. The molecule has 0 bridgehead atoms. The van der Waals surface area contributed by atoms with Crippen LogP contribution in [-0.4, -0.2) is 27.4 Å². The molecular weight excluding hydrogens is 210 g/mol. The van der Waals surface area contributed by atoms with Crippen molar-refractivity contribution in [2.45, 2.75) is 18.7 Å². The largest absolute Gasteiger partial charge is 0.349 e. The predicted molar refractivity (Wildman–Crippen MR) is 52.2 cm³/mol. The van der Waals surface area contributed by atoms with Gasteiger partial charge in [-0.1, -0.05) is 11.4 Å². The summed E-state index contributed by atoms with van der Waals surface area (Å²) in [5.41, 5.74) is 0.352. The second kappa shape index (κ2) is 5.14. The first-order chi connectivity index (χ1) is 6.24. The van der Waals surface area contributed by atoms with Crippen molar-refractivity contribution in [3.05, 3.63) is 11.1 Å². The van der Waals surface area contributed by atoms with Gasteiger partial charge < -0.3 is 5.32 Å². The third-order valence-electron chi connectivity index (χ3n) is 1.52. The van der Waals surface area contributed by atoms with Crippen LogP contribution in [0, 0.1) is 0 Å². The predicted octanol–water partition coefficient (Wildman–Crippen LogP) is 1.29. The van der Waals surface area contributed by atoms with Gasteiger partial charge in [-0.3, -0.25) is 4.79 Å². The number of carbonyl (C=O) groups excluding carboxylic acids is 1. The Morgan fingerprint density at radius 3 is 3.15 bits per heavy atom. The number of aromatic nitrogens is 2. The highest BCUT2D eigenvalue weighted by atomic mass is 35.5. The first kappa shape index (κ1) is 10.4. The Labute approximate surface area is 85.5 Å². The summed E-state index contributed by atoms with van der Waals surface area (Å²) >= 11 is 6.98. The molecule has 0 aromatic carbocycles. The van der Waals surface area contributed by atoms with E-state index in [4.69, 9.17) is 11.6 Å². The molecule has 1 amide bonds. The van der Waals surface area contributed by atoms with Crippen LogP contribution in [0.5, 0.6) is 0 Å². The maximum Gasteiger partial charge on any atom is 0.272 e. The molecule has 0 aliphatic rings. The molecule has 0 aliphatic carbocycles. The zero-order valence-corrected chi connectivity index (χ0v) is 8.73. The fourth-order valence-corrected chi connectivity index (χ4v) is 1.22. The summed E-state index contributed by atoms with van der Waals surface area (Å²) < 4.78 is 3.59. The van der Waals surface area contributed by atoms with Crippen molar-refractivity contribution in [1.82, 2.24) is 14.9 Å². The summed E-state index contributed by atoms with van der Waals surface area (Å²) in [5, 5.41) is 7.89. The van der Waals surface area contributed by atoms with Gasteiger partial charge >= 0.3 is 0 Å². The summed E-state index contributed by atoms with van der Waals surface area (Å²) in [6, 6.07) is 0. The number of hydrogen-bond donors (Lipinski definition) is 1. The number of nitrogens with zero attached hydrogens (tertiary/aromatic N) is 2. The number of hydrogen-bond acceptors (Lipinski definition) is 4. The molecule has 1 aromatic rings. The summed E-state index contributed by atoms with van der Waals surface area (Å²) in [4.78, 5) is 11.3. The van der Waals surface area contributed by atoms with Crippen LogP contribution in [-0.2, 0) is 0 Å². The maximum atomic E-state index is 11.3. The molecule has 1 unspecified atom stereocenters. The summed E-state index contributed by atoms with van der Waals surface area (Å²) in [6.45, 7) is 2.43. The number of rotatable bonds is 4. The van der Waals surface area contributed by atoms with Crippen LogP contribution in [0.3, 0.4) is 0 Å². The molecule has 1 N–H and O–H groups in total. The van der Waals surface area contributed by atoms with Crippen molar-refractivity contribution in [3.63, 3.8) is 0 Å². The highest BCUT2D eigenvalue weighted by Gasteiger charge is 2.09. The molecular formula is C7H10ClN3OS. The average molecular weight is 220 g/mol. The summed E-state index contributed by atoms with van der Waals surface area (Å²) in [6.07, 6.45) is 0.831. The minimum Gasteiger partial charge on any atom is -0.349 e. The lowest BCUT2D eigenvalue weighted by Crippen LogP contribution is -2.29. The van der Waals surface area contributed by atoms with E-state index in [9.17, 15) is 4.79 Å². The minimum atomic E-state index is -0.215. The van der Waals surface area contributed by atoms with E-state index in [1.807, 2.05) is 6.92 Å². The van der Waals surface area contributed by atoms with Gasteiger partial charge in [0.2, 0.25) is 0 Å². The first-order valence-electron chi connectivity index (χ1n) is 3.93. The van der Waals surface area contributed by atoms with Crippen LogP contribution in [0.25, 0.3) is 0 Å². The number of halogens is 1. The molecule has 0 saturated carbocycles. The molecule has 4 nitrogen and oxygen atoms in total. The van der Waals surface area contributed by atoms with Gasteiger partial charge in [0.05, 0.1) is 5.38 Å². The third kappa shape index (κ3) is 3.28. The Balaban J connectivity index is 2.35. The summed E-state index contributed by atoms with van der Waals surface area (Å²) in [7, 11) is 0. The Bertz CT molecular complexity index is 265. The number of amides is 1. The van der Waals surface area contributed by atoms with Crippen molar-refractivity contribution in [2.75, 3.05) is 6.54 Å². The van der Waals surface area contributed by atoms with Crippen molar-refractivity contribution in [1.29, 1.82) is 0 Å². The molecule has 0 aliphatic heterocycles. The van der Waals surface area contributed by atoms with Gasteiger partial charge in [0.25, 0.3) is 5.91 Å². The van der Waals surface area contributed by atoms with E-state index in [-0.39, 0.29) is 11.3 Å². The van der Waals surface area contributed by atoms with Gasteiger partial charge in [-0.05, 0) is 18.0 Å². The first-order valence-corrected chi connectivity index (χ1v) is 5.20. The van der Waals surface area contributed by atoms with E-state index in [0.717, 1.165) is 18.0 Å². The third-order valence-corrected chi connectivity index (χ3v) is 2.49. The molecule has 13 heavy (non-hydrogen) atoms. The molecule has 6 heteroatoms. The van der Waals surface area contributed by atoms with Crippen molar-refractivity contribution in [2.24, 2.45) is 0 Å². The van der Waals surface area contributed by atoms with Crippen molar-refractivity contribution < 1.29 is 4.79 Å². The van der Waals surface area contributed by atoms with Crippen LogP contribution in [0.1, 0.15) is 23.8 Å². The molecule has 0 fully saturated rings. The van der Waals surface area contributed by atoms with Crippen LogP contribution in [0.4, 0.5) is 0 Å². The van der Waals surface area contributed by atoms with Crippen molar-refractivity contribution >= 4 is 29.0 Å². The number of alkyl halides is 1. The van der Waals surface area contributed by atoms with E-state index < -0.39 is 0 Å². The second-order valence-electron chi connectivity index (χ2n) is 2.51. The van der Waals surface area contributed by atoms with Crippen LogP contribution in [0.15, 0.2) is 5.38 Å². The Morgan fingerprint density at radius 1 is 1.85 bits per heavy atom. The van der Waals surface area contributed by atoms with Gasteiger partial charge in [-0.15, -0.1) is 16.7 Å². The molecule has 72 valence electrons. The normalized spacial score (nSPS) is 12.5. The molecule has 1 heterocycles. The van der Waals surface area contributed by atoms with Gasteiger partial charge in [-0.2, -0.15) is 0 Å². The highest BCUT2D eigenvalue weighted by Crippen LogP contribution is 2.00. The standard InChI is InChI=1S/C7H10ClN3OS/c1-2-5(8)3-9-7(12)6-4-13-11-10-6/h4-5H,2-3H2,1H3,(H,9,12). The number of nitrogens with one attached hydrogen (secondary N) is 1. The van der Waals surface area contributed by atoms with E-state index >= 15 is 0 Å². The maximum absolute atomic E-state index is 11.3. The quantitative estimate of drug-likeness (QED) is 0.777. The van der Waals surface area contributed by atoms with E-state index in [2.05, 4.69) is 14.9 Å². The molecule has 1 atom stereocenters. The topological polar surface area (TPSA) is 54.9 Å². The van der Waals surface area contributed by atoms with E-state index in [1.165, 1.54) is 0 Å². The molecule has 0 saturated heterocycles. The Kier molecular flexibility index (Phi) is 4.11. The van der Waals surface area contributed by atoms with Gasteiger partial charge in [-0.25, -0.2) is 0 Å². The van der Waals surface area contributed by atoms with Crippen LogP contribution >= 0.6 is 23.1 Å². The lowest BCUT2D eigenvalue weighted by Gasteiger charge is -2.06. The Hall–Kier alpha value is -0.680. The fourth-order valence-electron chi connectivity index (χ4n) is 0.702. The second-order valence-corrected chi connectivity index (χ2v) is 3.73. The summed E-state index contributed by atoms with van der Waals surface area (Å²) in [5.74, 6) is -0.215. The Morgan fingerprint density at radius 2 is 2.62 bits per heavy atom. The van der Waals surface area contributed by atoms with E-state index in [1.54, 1.807) is 5.38 Å². The van der Waals surface area contributed by atoms with Crippen LogP contribution in [0.2, 0.25) is 0 Å². The van der Waals surface area contributed by atoms with E-state index in [0.29, 0.717) is 12.2 Å². The molecule has 1 aromatic heterocycles. The van der Waals surface area contributed by atoms with Crippen LogP contribution < -0.4 is 5.32 Å². The lowest BCUT2D eigenvalue weighted by molar-refractivity contribution is 0.0948. The number of carbonyl (C=O) groups is 1. The molecule has 1 rings (SSSR count). The van der Waals surface area contributed by atoms with Crippen molar-refractivity contribution in [3.8, 4) is 0 Å². The lowest BCUT2D eigenvalue weighted by atomic mass is 10.3. The average Bonchev–Trinajstić information content (AvgIpc) is 2.66. The zero-order chi connectivity index (χ0) is 9.68. The highest BCUT2D eigenvalue weighted by molar-refractivity contribution is 7.03. The smallest absolute Gasteiger partial charge is 0.272 e. The zero-order valence-electron chi connectivity index (χ0n) is 7.16. The monoisotopic (exact) mass is 219 g/mol. The molecule has 0 spiro atoms.